The van der Waals surface area contributed by atoms with Crippen LogP contribution in [0.5, 0.6) is 0 Å². The van der Waals surface area contributed by atoms with E-state index in [4.69, 9.17) is 9.72 Å². The predicted molar refractivity (Wildman–Crippen MR) is 125 cm³/mol. The van der Waals surface area contributed by atoms with Gasteiger partial charge in [0, 0.05) is 60.7 Å². The van der Waals surface area contributed by atoms with Crippen molar-refractivity contribution in [2.24, 2.45) is 0 Å². The van der Waals surface area contributed by atoms with Gasteiger partial charge in [-0.2, -0.15) is 0 Å². The molecule has 0 atom stereocenters. The lowest BCUT2D eigenvalue weighted by molar-refractivity contribution is 0.0473. The smallest absolute Gasteiger partial charge is 0.339 e. The van der Waals surface area contributed by atoms with Crippen molar-refractivity contribution in [3.05, 3.63) is 107 Å². The molecule has 33 heavy (non-hydrogen) atoms. The molecule has 0 aliphatic carbocycles. The fraction of sp³-hybridized carbons (Fsp3) is 0.185. The van der Waals surface area contributed by atoms with E-state index in [1.807, 2.05) is 42.5 Å². The third-order valence-corrected chi connectivity index (χ3v) is 5.92. The van der Waals surface area contributed by atoms with Crippen LogP contribution in [0.25, 0.3) is 10.9 Å². The second kappa shape index (κ2) is 9.30. The highest BCUT2D eigenvalue weighted by Crippen LogP contribution is 2.29. The molecule has 3 heterocycles. The Kier molecular flexibility index (Phi) is 5.91. The van der Waals surface area contributed by atoms with Crippen LogP contribution in [-0.4, -0.2) is 39.8 Å². The van der Waals surface area contributed by atoms with E-state index in [0.29, 0.717) is 17.7 Å². The number of ether oxygens (including phenoxy) is 1. The van der Waals surface area contributed by atoms with Gasteiger partial charge in [-0.15, -0.1) is 0 Å². The Morgan fingerprint density at radius 3 is 2.52 bits per heavy atom. The molecule has 5 rings (SSSR count). The molecular formula is C27H23N3O3. The number of carbonyl (C=O) groups excluding carboxylic acids is 2. The van der Waals surface area contributed by atoms with Crippen molar-refractivity contribution in [2.45, 2.75) is 19.5 Å². The summed E-state index contributed by atoms with van der Waals surface area (Å²) in [6, 6.07) is 21.1. The van der Waals surface area contributed by atoms with Crippen molar-refractivity contribution >= 4 is 22.7 Å². The lowest BCUT2D eigenvalue weighted by Crippen LogP contribution is -2.32. The third kappa shape index (κ3) is 4.52. The van der Waals surface area contributed by atoms with Crippen LogP contribution in [0.4, 0.5) is 0 Å². The van der Waals surface area contributed by atoms with Gasteiger partial charge >= 0.3 is 5.97 Å². The predicted octanol–water partition coefficient (Wildman–Crippen LogP) is 4.23. The minimum absolute atomic E-state index is 0.260. The maximum absolute atomic E-state index is 13.3. The normalized spacial score (nSPS) is 13.5. The number of fused-ring (bicyclic) bond motifs is 2. The molecule has 0 N–H and O–H groups in total. The number of aromatic nitrogens is 2. The highest BCUT2D eigenvalue weighted by molar-refractivity contribution is 6.06. The van der Waals surface area contributed by atoms with Crippen molar-refractivity contribution in [1.29, 1.82) is 0 Å². The van der Waals surface area contributed by atoms with Gasteiger partial charge in [0.05, 0.1) is 11.1 Å². The van der Waals surface area contributed by atoms with Crippen LogP contribution in [-0.2, 0) is 24.2 Å². The van der Waals surface area contributed by atoms with E-state index >= 15 is 0 Å². The molecule has 0 spiro atoms. The highest BCUT2D eigenvalue weighted by Gasteiger charge is 2.27. The van der Waals surface area contributed by atoms with Gasteiger partial charge < -0.3 is 4.74 Å². The molecule has 2 aromatic heterocycles. The summed E-state index contributed by atoms with van der Waals surface area (Å²) >= 11 is 0. The Hall–Kier alpha value is -3.90. The molecule has 0 unspecified atom stereocenters. The van der Waals surface area contributed by atoms with Crippen LogP contribution in [0.15, 0.2) is 79.1 Å². The van der Waals surface area contributed by atoms with Gasteiger partial charge in [0.25, 0.3) is 0 Å². The van der Waals surface area contributed by atoms with Crippen molar-refractivity contribution in [1.82, 2.24) is 14.9 Å². The first-order valence-electron chi connectivity index (χ1n) is 11.0. The third-order valence-electron chi connectivity index (χ3n) is 5.92. The van der Waals surface area contributed by atoms with Gasteiger partial charge in [-0.3, -0.25) is 19.7 Å². The Labute approximate surface area is 191 Å². The van der Waals surface area contributed by atoms with Crippen molar-refractivity contribution < 1.29 is 14.3 Å². The average Bonchev–Trinajstić information content (AvgIpc) is 2.87. The van der Waals surface area contributed by atoms with Crippen LogP contribution < -0.4 is 0 Å². The van der Waals surface area contributed by atoms with Gasteiger partial charge in [-0.25, -0.2) is 4.79 Å². The molecule has 4 aromatic rings. The molecule has 1 aliphatic rings. The molecule has 0 fully saturated rings. The Morgan fingerprint density at radius 1 is 0.939 bits per heavy atom. The number of carbonyl (C=O) groups is 2. The average molecular weight is 437 g/mol. The Morgan fingerprint density at radius 2 is 1.70 bits per heavy atom. The van der Waals surface area contributed by atoms with Gasteiger partial charge in [0.1, 0.15) is 0 Å². The van der Waals surface area contributed by atoms with E-state index in [1.54, 1.807) is 24.5 Å². The number of pyridine rings is 2. The van der Waals surface area contributed by atoms with Crippen LogP contribution in [0.2, 0.25) is 0 Å². The van der Waals surface area contributed by atoms with Crippen molar-refractivity contribution in [3.8, 4) is 0 Å². The number of nitrogens with zero attached hydrogens (tertiary/aromatic N) is 3. The first-order valence-corrected chi connectivity index (χ1v) is 11.0. The molecule has 0 bridgehead atoms. The number of hydrogen-bond acceptors (Lipinski definition) is 6. The minimum atomic E-state index is -0.492. The number of ketones is 1. The number of para-hydroxylation sites is 1. The summed E-state index contributed by atoms with van der Waals surface area (Å²) in [6.07, 6.45) is 3.84. The summed E-state index contributed by atoms with van der Waals surface area (Å²) in [4.78, 5) is 36.8. The van der Waals surface area contributed by atoms with E-state index in [1.165, 1.54) is 5.56 Å². The maximum atomic E-state index is 13.3. The quantitative estimate of drug-likeness (QED) is 0.332. The number of hydrogen-bond donors (Lipinski definition) is 0. The van der Waals surface area contributed by atoms with Crippen molar-refractivity contribution in [3.63, 3.8) is 0 Å². The Balaban J connectivity index is 1.44. The summed E-state index contributed by atoms with van der Waals surface area (Å²) in [5.74, 6) is -0.752. The van der Waals surface area contributed by atoms with E-state index in [0.717, 1.165) is 41.7 Å². The standard InChI is InChI=1S/C27H23N3O3/c31-25(20-10-13-28-14-11-20)18-33-27(32)26-21-8-4-5-9-23(21)29-24-12-15-30(17-22(24)26)16-19-6-2-1-3-7-19/h1-11,13-14H,12,15-18H2. The van der Waals surface area contributed by atoms with Gasteiger partial charge in [-0.05, 0) is 23.8 Å². The summed E-state index contributed by atoms with van der Waals surface area (Å²) in [7, 11) is 0. The van der Waals surface area contributed by atoms with Crippen LogP contribution >= 0.6 is 0 Å². The molecular weight excluding hydrogens is 414 g/mol. The second-order valence-electron chi connectivity index (χ2n) is 8.11. The zero-order chi connectivity index (χ0) is 22.6. The van der Waals surface area contributed by atoms with E-state index in [2.05, 4.69) is 22.0 Å². The van der Waals surface area contributed by atoms with Crippen molar-refractivity contribution in [2.75, 3.05) is 13.2 Å². The monoisotopic (exact) mass is 437 g/mol. The largest absolute Gasteiger partial charge is 0.454 e. The topological polar surface area (TPSA) is 72.4 Å². The summed E-state index contributed by atoms with van der Waals surface area (Å²) < 4.78 is 5.52. The fourth-order valence-electron chi connectivity index (χ4n) is 4.28. The zero-order valence-electron chi connectivity index (χ0n) is 18.1. The summed E-state index contributed by atoms with van der Waals surface area (Å²) in [5.41, 5.74) is 4.77. The summed E-state index contributed by atoms with van der Waals surface area (Å²) in [6.45, 7) is 1.94. The van der Waals surface area contributed by atoms with Gasteiger partial charge in [0.15, 0.2) is 12.4 Å². The number of Topliss-reactive ketones (excluding diaryl/α,β-unsaturated/α-hetero) is 1. The molecule has 6 heteroatoms. The number of esters is 1. The SMILES string of the molecule is O=C(COC(=O)c1c2c(nc3ccccc13)CCN(Cc1ccccc1)C2)c1ccncc1. The fourth-order valence-corrected chi connectivity index (χ4v) is 4.28. The van der Waals surface area contributed by atoms with Gasteiger partial charge in [-0.1, -0.05) is 48.5 Å². The lowest BCUT2D eigenvalue weighted by Gasteiger charge is -2.30. The molecule has 164 valence electrons. The molecule has 0 amide bonds. The molecule has 0 radical (unpaired) electrons. The molecule has 0 saturated carbocycles. The van der Waals surface area contributed by atoms with Crippen LogP contribution in [0.1, 0.15) is 37.5 Å². The minimum Gasteiger partial charge on any atom is -0.454 e. The Bertz CT molecular complexity index is 1310. The first-order chi connectivity index (χ1) is 16.2. The maximum Gasteiger partial charge on any atom is 0.339 e. The first kappa shape index (κ1) is 21.0. The van der Waals surface area contributed by atoms with Crippen LogP contribution in [0.3, 0.4) is 0 Å². The van der Waals surface area contributed by atoms with E-state index < -0.39 is 5.97 Å². The molecule has 6 nitrogen and oxygen atoms in total. The molecule has 2 aromatic carbocycles. The number of rotatable bonds is 6. The molecule has 1 aliphatic heterocycles. The second-order valence-corrected chi connectivity index (χ2v) is 8.11. The van der Waals surface area contributed by atoms with Crippen LogP contribution in [0, 0.1) is 0 Å². The number of benzene rings is 2. The van der Waals surface area contributed by atoms with Gasteiger partial charge in [0.2, 0.25) is 0 Å². The lowest BCUT2D eigenvalue weighted by atomic mass is 9.95. The van der Waals surface area contributed by atoms with E-state index in [-0.39, 0.29) is 12.4 Å². The molecule has 0 saturated heterocycles. The summed E-state index contributed by atoms with van der Waals surface area (Å²) in [5, 5.41) is 0.749. The zero-order valence-corrected chi connectivity index (χ0v) is 18.1. The van der Waals surface area contributed by atoms with E-state index in [9.17, 15) is 9.59 Å². The highest BCUT2D eigenvalue weighted by atomic mass is 16.5.